The van der Waals surface area contributed by atoms with Gasteiger partial charge in [0.1, 0.15) is 0 Å². The lowest BCUT2D eigenvalue weighted by atomic mass is 10.2. The molecule has 0 aromatic heterocycles. The number of carbonyl (C=O) groups excluding carboxylic acids is 2. The number of nitrogens with one attached hydrogen (secondary N) is 2. The molecule has 1 heterocycles. The summed E-state index contributed by atoms with van der Waals surface area (Å²) in [6.07, 6.45) is 0.531. The Morgan fingerprint density at radius 2 is 1.95 bits per heavy atom. The molecule has 120 valence electrons. The normalized spacial score (nSPS) is 19.6. The van der Waals surface area contributed by atoms with Gasteiger partial charge in [0.05, 0.1) is 30.7 Å². The number of rotatable bonds is 5. The SMILES string of the molecule is COC(=O)c1ccc(NC(=O)CNC2CCS(=O)(=O)C2)cc1. The zero-order valence-electron chi connectivity index (χ0n) is 12.2. The molecule has 7 nitrogen and oxygen atoms in total. The molecule has 1 atom stereocenters. The molecule has 1 fully saturated rings. The van der Waals surface area contributed by atoms with Crippen LogP contribution in [0.1, 0.15) is 16.8 Å². The van der Waals surface area contributed by atoms with Crippen molar-refractivity contribution < 1.29 is 22.7 Å². The van der Waals surface area contributed by atoms with E-state index in [2.05, 4.69) is 15.4 Å². The Labute approximate surface area is 129 Å². The molecule has 1 aliphatic heterocycles. The molecule has 22 heavy (non-hydrogen) atoms. The van der Waals surface area contributed by atoms with Gasteiger partial charge in [0.25, 0.3) is 0 Å². The Hall–Kier alpha value is -1.93. The first-order valence-corrected chi connectivity index (χ1v) is 8.64. The van der Waals surface area contributed by atoms with E-state index in [4.69, 9.17) is 0 Å². The van der Waals surface area contributed by atoms with Crippen molar-refractivity contribution in [2.24, 2.45) is 0 Å². The predicted octanol–water partition coefficient (Wildman–Crippen LogP) is 0.188. The Balaban J connectivity index is 1.81. The molecule has 0 aliphatic carbocycles. The summed E-state index contributed by atoms with van der Waals surface area (Å²) in [5.41, 5.74) is 0.952. The molecule has 0 saturated carbocycles. The maximum atomic E-state index is 11.8. The number of amides is 1. The van der Waals surface area contributed by atoms with E-state index in [0.29, 0.717) is 17.7 Å². The van der Waals surface area contributed by atoms with Gasteiger partial charge >= 0.3 is 5.97 Å². The Kier molecular flexibility index (Phi) is 5.15. The van der Waals surface area contributed by atoms with E-state index in [1.54, 1.807) is 24.3 Å². The van der Waals surface area contributed by atoms with Gasteiger partial charge in [-0.1, -0.05) is 0 Å². The molecule has 0 radical (unpaired) electrons. The fourth-order valence-electron chi connectivity index (χ4n) is 2.21. The summed E-state index contributed by atoms with van der Waals surface area (Å²) in [5, 5.41) is 5.60. The maximum absolute atomic E-state index is 11.8. The Bertz CT molecular complexity index is 654. The van der Waals surface area contributed by atoms with Crippen LogP contribution in [0.4, 0.5) is 5.69 Å². The minimum Gasteiger partial charge on any atom is -0.465 e. The van der Waals surface area contributed by atoms with Crippen LogP contribution in [0.3, 0.4) is 0 Å². The lowest BCUT2D eigenvalue weighted by molar-refractivity contribution is -0.115. The number of methoxy groups -OCH3 is 1. The van der Waals surface area contributed by atoms with Crippen LogP contribution >= 0.6 is 0 Å². The van der Waals surface area contributed by atoms with Crippen molar-refractivity contribution in [1.82, 2.24) is 5.32 Å². The summed E-state index contributed by atoms with van der Waals surface area (Å²) in [4.78, 5) is 23.1. The van der Waals surface area contributed by atoms with Gasteiger partial charge in [0.2, 0.25) is 5.91 Å². The zero-order valence-corrected chi connectivity index (χ0v) is 13.0. The number of esters is 1. The molecular formula is C14H18N2O5S. The van der Waals surface area contributed by atoms with Crippen molar-refractivity contribution in [1.29, 1.82) is 0 Å². The third-order valence-electron chi connectivity index (χ3n) is 3.37. The van der Waals surface area contributed by atoms with Gasteiger partial charge < -0.3 is 15.4 Å². The number of hydrogen-bond donors (Lipinski definition) is 2. The highest BCUT2D eigenvalue weighted by Gasteiger charge is 2.27. The largest absolute Gasteiger partial charge is 0.465 e. The highest BCUT2D eigenvalue weighted by atomic mass is 32.2. The van der Waals surface area contributed by atoms with Crippen molar-refractivity contribution in [2.75, 3.05) is 30.5 Å². The number of hydrogen-bond acceptors (Lipinski definition) is 6. The number of carbonyl (C=O) groups is 2. The Morgan fingerprint density at radius 3 is 2.50 bits per heavy atom. The average molecular weight is 326 g/mol. The van der Waals surface area contributed by atoms with Gasteiger partial charge in [-0.25, -0.2) is 13.2 Å². The van der Waals surface area contributed by atoms with E-state index in [1.807, 2.05) is 0 Å². The summed E-state index contributed by atoms with van der Waals surface area (Å²) in [6, 6.07) is 6.14. The molecule has 1 aromatic rings. The van der Waals surface area contributed by atoms with Crippen LogP contribution in [0, 0.1) is 0 Å². The molecule has 1 amide bonds. The fourth-order valence-corrected chi connectivity index (χ4v) is 3.91. The van der Waals surface area contributed by atoms with Crippen molar-refractivity contribution in [3.63, 3.8) is 0 Å². The van der Waals surface area contributed by atoms with E-state index in [9.17, 15) is 18.0 Å². The second-order valence-electron chi connectivity index (χ2n) is 5.10. The first-order valence-electron chi connectivity index (χ1n) is 6.81. The molecule has 0 bridgehead atoms. The summed E-state index contributed by atoms with van der Waals surface area (Å²) in [7, 11) is -1.66. The highest BCUT2D eigenvalue weighted by molar-refractivity contribution is 7.91. The zero-order chi connectivity index (χ0) is 16.2. The number of anilines is 1. The molecule has 0 spiro atoms. The summed E-state index contributed by atoms with van der Waals surface area (Å²) < 4.78 is 27.2. The quantitative estimate of drug-likeness (QED) is 0.749. The van der Waals surface area contributed by atoms with Crippen LogP contribution in [-0.4, -0.2) is 51.5 Å². The average Bonchev–Trinajstić information content (AvgIpc) is 2.84. The van der Waals surface area contributed by atoms with E-state index < -0.39 is 15.8 Å². The van der Waals surface area contributed by atoms with Crippen LogP contribution < -0.4 is 10.6 Å². The fraction of sp³-hybridized carbons (Fsp3) is 0.429. The lowest BCUT2D eigenvalue weighted by Gasteiger charge is -2.11. The van der Waals surface area contributed by atoms with Crippen LogP contribution in [0.25, 0.3) is 0 Å². The maximum Gasteiger partial charge on any atom is 0.337 e. The number of sulfone groups is 1. The van der Waals surface area contributed by atoms with Crippen molar-refractivity contribution in [3.8, 4) is 0 Å². The summed E-state index contributed by atoms with van der Waals surface area (Å²) in [6.45, 7) is 0.0406. The minimum absolute atomic E-state index is 0.0406. The third-order valence-corrected chi connectivity index (χ3v) is 5.14. The molecule has 8 heteroatoms. The second kappa shape index (κ2) is 6.89. The van der Waals surface area contributed by atoms with E-state index in [1.165, 1.54) is 7.11 Å². The smallest absolute Gasteiger partial charge is 0.337 e. The van der Waals surface area contributed by atoms with Gasteiger partial charge in [-0.05, 0) is 30.7 Å². The van der Waals surface area contributed by atoms with Crippen LogP contribution in [0.2, 0.25) is 0 Å². The highest BCUT2D eigenvalue weighted by Crippen LogP contribution is 2.12. The van der Waals surface area contributed by atoms with Gasteiger partial charge in [0, 0.05) is 11.7 Å². The van der Waals surface area contributed by atoms with Gasteiger partial charge in [-0.2, -0.15) is 0 Å². The topological polar surface area (TPSA) is 102 Å². The molecule has 1 unspecified atom stereocenters. The predicted molar refractivity (Wildman–Crippen MR) is 81.5 cm³/mol. The van der Waals surface area contributed by atoms with Gasteiger partial charge in [0.15, 0.2) is 9.84 Å². The lowest BCUT2D eigenvalue weighted by Crippen LogP contribution is -2.36. The first kappa shape index (κ1) is 16.4. The summed E-state index contributed by atoms with van der Waals surface area (Å²) in [5.74, 6) is -0.466. The Morgan fingerprint density at radius 1 is 1.27 bits per heavy atom. The molecule has 1 saturated heterocycles. The monoisotopic (exact) mass is 326 g/mol. The van der Waals surface area contributed by atoms with Crippen molar-refractivity contribution in [3.05, 3.63) is 29.8 Å². The van der Waals surface area contributed by atoms with Crippen LogP contribution in [0.15, 0.2) is 24.3 Å². The molecular weight excluding hydrogens is 308 g/mol. The minimum atomic E-state index is -2.96. The third kappa shape index (κ3) is 4.54. The molecule has 1 aliphatic rings. The van der Waals surface area contributed by atoms with Gasteiger partial charge in [-0.15, -0.1) is 0 Å². The van der Waals surface area contributed by atoms with Crippen LogP contribution in [0.5, 0.6) is 0 Å². The molecule has 2 N–H and O–H groups in total. The number of ether oxygens (including phenoxy) is 1. The van der Waals surface area contributed by atoms with E-state index >= 15 is 0 Å². The van der Waals surface area contributed by atoms with Crippen molar-refractivity contribution in [2.45, 2.75) is 12.5 Å². The van der Waals surface area contributed by atoms with Gasteiger partial charge in [-0.3, -0.25) is 4.79 Å². The molecule has 2 rings (SSSR count). The standard InChI is InChI=1S/C14H18N2O5S/c1-21-14(18)10-2-4-11(5-3-10)16-13(17)8-15-12-6-7-22(19,20)9-12/h2-5,12,15H,6-9H2,1H3,(H,16,17). The first-order chi connectivity index (χ1) is 10.4. The number of benzene rings is 1. The van der Waals surface area contributed by atoms with E-state index in [0.717, 1.165) is 0 Å². The van der Waals surface area contributed by atoms with E-state index in [-0.39, 0.29) is 30.0 Å². The van der Waals surface area contributed by atoms with Crippen molar-refractivity contribution >= 4 is 27.4 Å². The second-order valence-corrected chi connectivity index (χ2v) is 7.33. The van der Waals surface area contributed by atoms with Crippen LogP contribution in [-0.2, 0) is 19.4 Å². The summed E-state index contributed by atoms with van der Waals surface area (Å²) >= 11 is 0. The molecule has 1 aromatic carbocycles.